The minimum Gasteiger partial charge on any atom is -0.366 e. The van der Waals surface area contributed by atoms with E-state index in [2.05, 4.69) is 39.9 Å². The van der Waals surface area contributed by atoms with Crippen LogP contribution < -0.4 is 5.73 Å². The molecule has 0 amide bonds. The van der Waals surface area contributed by atoms with Gasteiger partial charge >= 0.3 is 0 Å². The van der Waals surface area contributed by atoms with Gasteiger partial charge in [-0.2, -0.15) is 4.98 Å². The summed E-state index contributed by atoms with van der Waals surface area (Å²) < 4.78 is 2.47. The number of nitrogens with zero attached hydrogens (tertiary/aromatic N) is 3. The Kier molecular flexibility index (Phi) is 2.49. The van der Waals surface area contributed by atoms with Crippen molar-refractivity contribution in [1.29, 1.82) is 0 Å². The molecule has 1 aromatic rings. The van der Waals surface area contributed by atoms with Crippen molar-refractivity contribution >= 4 is 21.9 Å². The van der Waals surface area contributed by atoms with Crippen molar-refractivity contribution in [2.45, 2.75) is 26.3 Å². The predicted molar refractivity (Wildman–Crippen MR) is 47.1 cm³/mol. The van der Waals surface area contributed by atoms with Gasteiger partial charge in [-0.1, -0.05) is 6.92 Å². The number of aromatic nitrogens is 3. The first-order chi connectivity index (χ1) is 5.15. The third kappa shape index (κ3) is 1.71. The summed E-state index contributed by atoms with van der Waals surface area (Å²) in [6.45, 7) is 4.16. The Morgan fingerprint density at radius 3 is 2.73 bits per heavy atom. The molecule has 0 saturated heterocycles. The molecule has 1 rings (SSSR count). The Labute approximate surface area is 73.9 Å². The lowest BCUT2D eigenvalue weighted by atomic mass is 10.3. The summed E-state index contributed by atoms with van der Waals surface area (Å²) in [4.78, 5) is 3.93. The van der Waals surface area contributed by atoms with E-state index in [1.165, 1.54) is 0 Å². The number of nitrogen functional groups attached to an aromatic ring is 1. The summed E-state index contributed by atoms with van der Waals surface area (Å²) in [7, 11) is 0. The molecule has 0 spiro atoms. The summed E-state index contributed by atoms with van der Waals surface area (Å²) in [6, 6.07) is 0.342. The summed E-state index contributed by atoms with van der Waals surface area (Å²) in [5, 5.41) is 4.02. The summed E-state index contributed by atoms with van der Waals surface area (Å²) in [6.07, 6.45) is 1.02. The second-order valence-electron chi connectivity index (χ2n) is 2.44. The highest BCUT2D eigenvalue weighted by molar-refractivity contribution is 9.10. The quantitative estimate of drug-likeness (QED) is 0.821. The Morgan fingerprint density at radius 1 is 1.73 bits per heavy atom. The average molecular weight is 219 g/mol. The van der Waals surface area contributed by atoms with Gasteiger partial charge in [-0.3, -0.25) is 0 Å². The molecule has 0 saturated carbocycles. The number of rotatable bonds is 2. The molecular formula is C6H11BrN4. The van der Waals surface area contributed by atoms with Crippen LogP contribution in [0.2, 0.25) is 0 Å². The second kappa shape index (κ2) is 3.21. The van der Waals surface area contributed by atoms with Gasteiger partial charge in [0.1, 0.15) is 0 Å². The molecule has 11 heavy (non-hydrogen) atoms. The molecule has 0 aliphatic heterocycles. The molecule has 0 aliphatic rings. The van der Waals surface area contributed by atoms with Crippen LogP contribution in [-0.4, -0.2) is 14.8 Å². The average Bonchev–Trinajstić information content (AvgIpc) is 2.28. The highest BCUT2D eigenvalue weighted by Gasteiger charge is 2.09. The molecule has 2 N–H and O–H groups in total. The second-order valence-corrected chi connectivity index (χ2v) is 3.15. The van der Waals surface area contributed by atoms with Crippen molar-refractivity contribution in [3.05, 3.63) is 4.73 Å². The van der Waals surface area contributed by atoms with Crippen LogP contribution in [0.4, 0.5) is 5.95 Å². The zero-order valence-electron chi connectivity index (χ0n) is 6.58. The molecule has 0 aliphatic carbocycles. The lowest BCUT2D eigenvalue weighted by Crippen LogP contribution is -2.06. The van der Waals surface area contributed by atoms with Gasteiger partial charge in [0.2, 0.25) is 5.95 Å². The van der Waals surface area contributed by atoms with Crippen molar-refractivity contribution in [2.75, 3.05) is 5.73 Å². The van der Waals surface area contributed by atoms with Crippen LogP contribution in [0.5, 0.6) is 0 Å². The molecule has 5 heteroatoms. The van der Waals surface area contributed by atoms with E-state index in [1.807, 2.05) is 0 Å². The maximum absolute atomic E-state index is 5.40. The van der Waals surface area contributed by atoms with Crippen LogP contribution >= 0.6 is 15.9 Å². The zero-order chi connectivity index (χ0) is 8.43. The molecule has 4 nitrogen and oxygen atoms in total. The summed E-state index contributed by atoms with van der Waals surface area (Å²) >= 11 is 3.27. The highest BCUT2D eigenvalue weighted by atomic mass is 79.9. The predicted octanol–water partition coefficient (Wildman–Crippen LogP) is 1.59. The summed E-state index contributed by atoms with van der Waals surface area (Å²) in [5.41, 5.74) is 5.40. The van der Waals surface area contributed by atoms with Crippen molar-refractivity contribution in [2.24, 2.45) is 0 Å². The normalized spacial score (nSPS) is 13.4. The number of hydrogen-bond donors (Lipinski definition) is 1. The Balaban J connectivity index is 2.93. The molecule has 1 heterocycles. The smallest absolute Gasteiger partial charge is 0.240 e. The molecule has 0 fully saturated rings. The first kappa shape index (κ1) is 8.52. The molecule has 1 aromatic heterocycles. The van der Waals surface area contributed by atoms with Crippen molar-refractivity contribution in [3.8, 4) is 0 Å². The van der Waals surface area contributed by atoms with Crippen LogP contribution in [0, 0.1) is 0 Å². The van der Waals surface area contributed by atoms with E-state index in [4.69, 9.17) is 5.73 Å². The van der Waals surface area contributed by atoms with E-state index in [1.54, 1.807) is 4.68 Å². The monoisotopic (exact) mass is 218 g/mol. The van der Waals surface area contributed by atoms with Crippen LogP contribution in [0.25, 0.3) is 0 Å². The SMILES string of the molecule is CCC(C)n1nc(N)nc1Br. The van der Waals surface area contributed by atoms with Gasteiger partial charge < -0.3 is 5.73 Å². The molecule has 1 unspecified atom stereocenters. The van der Waals surface area contributed by atoms with Gasteiger partial charge in [0, 0.05) is 0 Å². The van der Waals surface area contributed by atoms with E-state index in [9.17, 15) is 0 Å². The minimum absolute atomic E-state index is 0.317. The standard InChI is InChI=1S/C6H11BrN4/c1-3-4(2)11-5(7)9-6(8)10-11/h4H,3H2,1-2H3,(H2,8,10). The lowest BCUT2D eigenvalue weighted by Gasteiger charge is -2.07. The first-order valence-corrected chi connectivity index (χ1v) is 4.32. The van der Waals surface area contributed by atoms with Crippen LogP contribution in [0.3, 0.4) is 0 Å². The number of halogens is 1. The van der Waals surface area contributed by atoms with Crippen LogP contribution in [0.1, 0.15) is 26.3 Å². The Hall–Kier alpha value is -0.580. The number of nitrogens with two attached hydrogens (primary N) is 1. The molecule has 1 atom stereocenters. The zero-order valence-corrected chi connectivity index (χ0v) is 8.17. The van der Waals surface area contributed by atoms with Gasteiger partial charge in [-0.05, 0) is 29.3 Å². The fraction of sp³-hybridized carbons (Fsp3) is 0.667. The van der Waals surface area contributed by atoms with Crippen LogP contribution in [-0.2, 0) is 0 Å². The molecule has 62 valence electrons. The van der Waals surface area contributed by atoms with E-state index < -0.39 is 0 Å². The third-order valence-electron chi connectivity index (χ3n) is 1.61. The van der Waals surface area contributed by atoms with Gasteiger partial charge in [0.05, 0.1) is 6.04 Å². The van der Waals surface area contributed by atoms with E-state index in [0.717, 1.165) is 6.42 Å². The Bertz CT molecular complexity index is 245. The fourth-order valence-corrected chi connectivity index (χ4v) is 1.38. The number of anilines is 1. The molecule has 0 bridgehead atoms. The van der Waals surface area contributed by atoms with E-state index in [-0.39, 0.29) is 0 Å². The first-order valence-electron chi connectivity index (χ1n) is 3.52. The fourth-order valence-electron chi connectivity index (χ4n) is 0.773. The largest absolute Gasteiger partial charge is 0.366 e. The Morgan fingerprint density at radius 2 is 2.36 bits per heavy atom. The van der Waals surface area contributed by atoms with E-state index in [0.29, 0.717) is 16.7 Å². The van der Waals surface area contributed by atoms with Gasteiger partial charge in [-0.15, -0.1) is 5.10 Å². The van der Waals surface area contributed by atoms with Crippen molar-refractivity contribution in [1.82, 2.24) is 14.8 Å². The molecular weight excluding hydrogens is 208 g/mol. The van der Waals surface area contributed by atoms with E-state index >= 15 is 0 Å². The van der Waals surface area contributed by atoms with Gasteiger partial charge in [-0.25, -0.2) is 4.68 Å². The van der Waals surface area contributed by atoms with Crippen LogP contribution in [0.15, 0.2) is 4.73 Å². The third-order valence-corrected chi connectivity index (χ3v) is 2.16. The maximum Gasteiger partial charge on any atom is 0.240 e. The van der Waals surface area contributed by atoms with Gasteiger partial charge in [0.15, 0.2) is 4.73 Å². The summed E-state index contributed by atoms with van der Waals surface area (Å²) in [5.74, 6) is 0.317. The maximum atomic E-state index is 5.40. The molecule has 0 radical (unpaired) electrons. The lowest BCUT2D eigenvalue weighted by molar-refractivity contribution is 0.468. The molecule has 0 aromatic carbocycles. The number of hydrogen-bond acceptors (Lipinski definition) is 3. The van der Waals surface area contributed by atoms with Gasteiger partial charge in [0.25, 0.3) is 0 Å². The minimum atomic E-state index is 0.317. The topological polar surface area (TPSA) is 56.7 Å². The highest BCUT2D eigenvalue weighted by Crippen LogP contribution is 2.16. The van der Waals surface area contributed by atoms with Crippen molar-refractivity contribution < 1.29 is 0 Å². The van der Waals surface area contributed by atoms with Crippen molar-refractivity contribution in [3.63, 3.8) is 0 Å².